The molecule has 0 amide bonds. The van der Waals surface area contributed by atoms with E-state index in [1.165, 1.54) is 0 Å². The average molecular weight is 241 g/mol. The first-order chi connectivity index (χ1) is 7.97. The van der Waals surface area contributed by atoms with E-state index in [1.807, 2.05) is 13.8 Å². The Morgan fingerprint density at radius 2 is 1.65 bits per heavy atom. The van der Waals surface area contributed by atoms with E-state index < -0.39 is 0 Å². The summed E-state index contributed by atoms with van der Waals surface area (Å²) in [7, 11) is 0. The van der Waals surface area contributed by atoms with Gasteiger partial charge in [0.15, 0.2) is 0 Å². The van der Waals surface area contributed by atoms with Gasteiger partial charge in [0.25, 0.3) is 0 Å². The predicted molar refractivity (Wildman–Crippen MR) is 71.1 cm³/mol. The number of carbonyl (C=O) groups excluding carboxylic acids is 2. The van der Waals surface area contributed by atoms with E-state index in [2.05, 4.69) is 11.8 Å². The molecule has 0 aromatic rings. The number of hydrogen-bond acceptors (Lipinski definition) is 3. The maximum Gasteiger partial charge on any atom is 0.136 e. The number of Topliss-reactive ketones (excluding diaryl/α,β-unsaturated/α-hetero) is 2. The fourth-order valence-electron chi connectivity index (χ4n) is 1.59. The van der Waals surface area contributed by atoms with Gasteiger partial charge in [-0.2, -0.15) is 0 Å². The molecule has 0 heterocycles. The van der Waals surface area contributed by atoms with Crippen molar-refractivity contribution >= 4 is 11.6 Å². The molecule has 0 unspecified atom stereocenters. The van der Waals surface area contributed by atoms with Crippen molar-refractivity contribution in [3.8, 4) is 0 Å². The second kappa shape index (κ2) is 9.34. The summed E-state index contributed by atoms with van der Waals surface area (Å²) in [6.45, 7) is 10.2. The molecule has 17 heavy (non-hydrogen) atoms. The second-order valence-electron chi connectivity index (χ2n) is 5.02. The van der Waals surface area contributed by atoms with Crippen LogP contribution in [0.25, 0.3) is 0 Å². The van der Waals surface area contributed by atoms with Crippen LogP contribution in [0.3, 0.4) is 0 Å². The lowest BCUT2D eigenvalue weighted by Gasteiger charge is -2.21. The van der Waals surface area contributed by atoms with E-state index in [0.29, 0.717) is 18.6 Å². The number of nitrogens with zero attached hydrogens (tertiary/aromatic N) is 1. The van der Waals surface area contributed by atoms with Crippen molar-refractivity contribution in [2.75, 3.05) is 19.6 Å². The molecule has 3 nitrogen and oxygen atoms in total. The molecule has 0 saturated carbocycles. The molecule has 0 N–H and O–H groups in total. The first-order valence-electron chi connectivity index (χ1n) is 6.71. The van der Waals surface area contributed by atoms with Crippen molar-refractivity contribution < 1.29 is 9.59 Å². The van der Waals surface area contributed by atoms with Crippen LogP contribution in [0.4, 0.5) is 0 Å². The number of carbonyl (C=O) groups is 2. The van der Waals surface area contributed by atoms with Gasteiger partial charge in [-0.25, -0.2) is 0 Å². The summed E-state index contributed by atoms with van der Waals surface area (Å²) in [4.78, 5) is 24.8. The molecule has 0 spiro atoms. The number of hydrogen-bond donors (Lipinski definition) is 0. The van der Waals surface area contributed by atoms with Gasteiger partial charge in [0, 0.05) is 31.8 Å². The van der Waals surface area contributed by atoms with Crippen molar-refractivity contribution in [2.24, 2.45) is 5.92 Å². The average Bonchev–Trinajstić information content (AvgIpc) is 2.27. The van der Waals surface area contributed by atoms with Crippen molar-refractivity contribution in [2.45, 2.75) is 53.4 Å². The quantitative estimate of drug-likeness (QED) is 0.590. The van der Waals surface area contributed by atoms with Gasteiger partial charge < -0.3 is 4.90 Å². The van der Waals surface area contributed by atoms with E-state index in [-0.39, 0.29) is 11.7 Å². The Hall–Kier alpha value is -0.700. The third kappa shape index (κ3) is 9.04. The molecule has 0 aliphatic heterocycles. The lowest BCUT2D eigenvalue weighted by molar-refractivity contribution is -0.122. The van der Waals surface area contributed by atoms with Gasteiger partial charge in [0.05, 0.1) is 0 Å². The molecule has 0 saturated heterocycles. The summed E-state index contributed by atoms with van der Waals surface area (Å²) < 4.78 is 0. The van der Waals surface area contributed by atoms with Crippen molar-refractivity contribution in [3.05, 3.63) is 0 Å². The van der Waals surface area contributed by atoms with Gasteiger partial charge in [0.2, 0.25) is 0 Å². The third-order valence-corrected chi connectivity index (χ3v) is 2.93. The Kier molecular flexibility index (Phi) is 8.96. The van der Waals surface area contributed by atoms with Crippen molar-refractivity contribution in [3.63, 3.8) is 0 Å². The molecule has 0 radical (unpaired) electrons. The van der Waals surface area contributed by atoms with E-state index >= 15 is 0 Å². The number of ketones is 2. The van der Waals surface area contributed by atoms with Crippen molar-refractivity contribution in [1.29, 1.82) is 0 Å². The molecule has 0 aliphatic carbocycles. The monoisotopic (exact) mass is 241 g/mol. The fraction of sp³-hybridized carbons (Fsp3) is 0.857. The maximum absolute atomic E-state index is 11.6. The molecule has 100 valence electrons. The summed E-state index contributed by atoms with van der Waals surface area (Å²) in [5, 5.41) is 0. The molecule has 0 fully saturated rings. The largest absolute Gasteiger partial charge is 0.302 e. The van der Waals surface area contributed by atoms with Gasteiger partial charge in [-0.05, 0) is 19.9 Å². The zero-order valence-corrected chi connectivity index (χ0v) is 11.8. The van der Waals surface area contributed by atoms with E-state index in [4.69, 9.17) is 0 Å². The molecule has 0 rings (SSSR count). The Balaban J connectivity index is 3.99. The molecule has 0 aliphatic rings. The minimum atomic E-state index is 0.121. The lowest BCUT2D eigenvalue weighted by atomic mass is 10.1. The molecular weight excluding hydrogens is 214 g/mol. The zero-order chi connectivity index (χ0) is 13.3. The highest BCUT2D eigenvalue weighted by Crippen LogP contribution is 2.03. The summed E-state index contributed by atoms with van der Waals surface area (Å²) in [6.07, 6.45) is 3.49. The summed E-state index contributed by atoms with van der Waals surface area (Å²) in [5.41, 5.74) is 0. The smallest absolute Gasteiger partial charge is 0.136 e. The summed E-state index contributed by atoms with van der Waals surface area (Å²) >= 11 is 0. The Labute approximate surface area is 106 Å². The van der Waals surface area contributed by atoms with Crippen LogP contribution in [-0.4, -0.2) is 36.1 Å². The van der Waals surface area contributed by atoms with Gasteiger partial charge in [-0.1, -0.05) is 27.2 Å². The summed E-state index contributed by atoms with van der Waals surface area (Å²) in [5.74, 6) is 0.659. The SMILES string of the molecule is CCCCN(CCC(C)=O)CCC(=O)C(C)C. The van der Waals surface area contributed by atoms with Crippen LogP contribution in [0.15, 0.2) is 0 Å². The molecule has 3 heteroatoms. The van der Waals surface area contributed by atoms with Crippen LogP contribution in [0.5, 0.6) is 0 Å². The van der Waals surface area contributed by atoms with Gasteiger partial charge in [0.1, 0.15) is 11.6 Å². The van der Waals surface area contributed by atoms with Crippen LogP contribution in [0.2, 0.25) is 0 Å². The molecule has 0 aromatic carbocycles. The Morgan fingerprint density at radius 1 is 1.06 bits per heavy atom. The maximum atomic E-state index is 11.6. The van der Waals surface area contributed by atoms with Gasteiger partial charge in [-0.15, -0.1) is 0 Å². The highest BCUT2D eigenvalue weighted by atomic mass is 16.1. The predicted octanol–water partition coefficient (Wildman–Crippen LogP) is 2.68. The van der Waals surface area contributed by atoms with Gasteiger partial charge in [-0.3, -0.25) is 9.59 Å². The first kappa shape index (κ1) is 16.3. The highest BCUT2D eigenvalue weighted by molar-refractivity contribution is 5.80. The molecule has 0 atom stereocenters. The highest BCUT2D eigenvalue weighted by Gasteiger charge is 2.11. The van der Waals surface area contributed by atoms with Gasteiger partial charge >= 0.3 is 0 Å². The third-order valence-electron chi connectivity index (χ3n) is 2.93. The summed E-state index contributed by atoms with van der Waals surface area (Å²) in [6, 6.07) is 0. The topological polar surface area (TPSA) is 37.4 Å². The molecular formula is C14H27NO2. The lowest BCUT2D eigenvalue weighted by Crippen LogP contribution is -2.30. The van der Waals surface area contributed by atoms with Crippen LogP contribution in [0.1, 0.15) is 53.4 Å². The zero-order valence-electron chi connectivity index (χ0n) is 11.8. The number of unbranched alkanes of at least 4 members (excludes halogenated alkanes) is 1. The Bertz CT molecular complexity index is 236. The standard InChI is InChI=1S/C14H27NO2/c1-5-6-9-15(10-7-13(4)16)11-8-14(17)12(2)3/h12H,5-11H2,1-4H3. The van der Waals surface area contributed by atoms with Crippen LogP contribution in [0, 0.1) is 5.92 Å². The Morgan fingerprint density at radius 3 is 2.12 bits per heavy atom. The fourth-order valence-corrected chi connectivity index (χ4v) is 1.59. The van der Waals surface area contributed by atoms with E-state index in [9.17, 15) is 9.59 Å². The van der Waals surface area contributed by atoms with Crippen LogP contribution >= 0.6 is 0 Å². The van der Waals surface area contributed by atoms with E-state index in [1.54, 1.807) is 6.92 Å². The normalized spacial score (nSPS) is 11.2. The second-order valence-corrected chi connectivity index (χ2v) is 5.02. The first-order valence-corrected chi connectivity index (χ1v) is 6.71. The minimum absolute atomic E-state index is 0.121. The van der Waals surface area contributed by atoms with Crippen LogP contribution in [-0.2, 0) is 9.59 Å². The molecule has 0 bridgehead atoms. The number of rotatable bonds is 10. The molecule has 0 aromatic heterocycles. The van der Waals surface area contributed by atoms with E-state index in [0.717, 1.165) is 32.5 Å². The van der Waals surface area contributed by atoms with Crippen molar-refractivity contribution in [1.82, 2.24) is 4.90 Å². The minimum Gasteiger partial charge on any atom is -0.302 e. The van der Waals surface area contributed by atoms with Crippen LogP contribution < -0.4 is 0 Å².